The molecule has 0 bridgehead atoms. The minimum Gasteiger partial charge on any atom is -0.378 e. The molecule has 0 saturated heterocycles. The van der Waals surface area contributed by atoms with Crippen molar-refractivity contribution < 1.29 is 41.9 Å². The van der Waals surface area contributed by atoms with Crippen LogP contribution in [0.15, 0.2) is 71.9 Å². The van der Waals surface area contributed by atoms with Gasteiger partial charge < -0.3 is 9.88 Å². The average Bonchev–Trinajstić information content (AvgIpc) is 2.73. The molecule has 2 aromatic carbocycles. The molecule has 4 aromatic rings. The van der Waals surface area contributed by atoms with Crippen LogP contribution in [0.3, 0.4) is 0 Å². The van der Waals surface area contributed by atoms with Crippen LogP contribution in [0, 0.1) is 17.7 Å². The van der Waals surface area contributed by atoms with Crippen LogP contribution in [0.25, 0.3) is 22.2 Å². The van der Waals surface area contributed by atoms with E-state index >= 15 is 0 Å². The van der Waals surface area contributed by atoms with Crippen molar-refractivity contribution in [3.63, 3.8) is 0 Å². The Balaban J connectivity index is 0.000000224. The molecule has 0 fully saturated rings. The van der Waals surface area contributed by atoms with Gasteiger partial charge in [0.2, 0.25) is 0 Å². The normalized spacial score (nSPS) is 10.7. The Morgan fingerprint density at radius 2 is 1.72 bits per heavy atom. The number of nitrogens with zero attached hydrogens (tertiary/aromatic N) is 3. The molecule has 6 nitrogen and oxygen atoms in total. The van der Waals surface area contributed by atoms with Crippen molar-refractivity contribution >= 4 is 26.7 Å². The third-order valence-corrected chi connectivity index (χ3v) is 5.13. The number of pyridine rings is 2. The molecule has 0 aliphatic heterocycles. The second kappa shape index (κ2) is 10.7. The minimum absolute atomic E-state index is 0. The minimum atomic E-state index is -4.19. The molecule has 0 aliphatic rings. The summed E-state index contributed by atoms with van der Waals surface area (Å²) in [7, 11) is -0.434. The summed E-state index contributed by atoms with van der Waals surface area (Å²) in [6, 6.07) is 16.1. The zero-order valence-electron chi connectivity index (χ0n) is 17.0. The average molecular weight is 635 g/mol. The molecule has 0 aliphatic carbocycles. The van der Waals surface area contributed by atoms with Crippen LogP contribution in [-0.4, -0.2) is 37.0 Å². The Labute approximate surface area is 198 Å². The van der Waals surface area contributed by atoms with E-state index < -0.39 is 21.8 Å². The van der Waals surface area contributed by atoms with Crippen LogP contribution in [0.5, 0.6) is 0 Å². The topological polar surface area (TPSA) is 83.4 Å². The van der Waals surface area contributed by atoms with E-state index in [9.17, 15) is 17.2 Å². The number of halogens is 2. The van der Waals surface area contributed by atoms with Crippen molar-refractivity contribution in [2.45, 2.75) is 4.90 Å². The van der Waals surface area contributed by atoms with Gasteiger partial charge in [0, 0.05) is 69.3 Å². The second-order valence-electron chi connectivity index (χ2n) is 6.64. The summed E-state index contributed by atoms with van der Waals surface area (Å²) < 4.78 is 57.2. The zero-order chi connectivity index (χ0) is 22.6. The SMILES string of the molecule is CN(C)c1ccnc(-c2[c-]cc(F)cc2F)c1.O=S(=O)(O)c1cccc2cccnc12.[Ir]. The monoisotopic (exact) mass is 635 g/mol. The van der Waals surface area contributed by atoms with E-state index in [4.69, 9.17) is 4.55 Å². The fourth-order valence-corrected chi connectivity index (χ4v) is 3.43. The summed E-state index contributed by atoms with van der Waals surface area (Å²) in [6.45, 7) is 0. The van der Waals surface area contributed by atoms with Gasteiger partial charge in [-0.25, -0.2) is 0 Å². The molecule has 1 radical (unpaired) electrons. The summed E-state index contributed by atoms with van der Waals surface area (Å²) >= 11 is 0. The first-order chi connectivity index (χ1) is 14.7. The number of para-hydroxylation sites is 1. The van der Waals surface area contributed by atoms with Gasteiger partial charge >= 0.3 is 0 Å². The number of rotatable bonds is 3. The van der Waals surface area contributed by atoms with Crippen molar-refractivity contribution in [2.75, 3.05) is 19.0 Å². The number of hydrogen-bond acceptors (Lipinski definition) is 5. The fraction of sp³-hybridized carbons (Fsp3) is 0.0909. The Bertz CT molecular complexity index is 1330. The molecular weight excluding hydrogens is 617 g/mol. The van der Waals surface area contributed by atoms with Crippen LogP contribution in [0.1, 0.15) is 0 Å². The molecule has 1 N–H and O–H groups in total. The van der Waals surface area contributed by atoms with Gasteiger partial charge in [0.15, 0.2) is 0 Å². The summed E-state index contributed by atoms with van der Waals surface area (Å²) in [4.78, 5) is 9.70. The summed E-state index contributed by atoms with van der Waals surface area (Å²) in [5.74, 6) is -1.30. The van der Waals surface area contributed by atoms with Gasteiger partial charge in [-0.1, -0.05) is 35.9 Å². The summed E-state index contributed by atoms with van der Waals surface area (Å²) in [5.41, 5.74) is 1.80. The predicted molar refractivity (Wildman–Crippen MR) is 114 cm³/mol. The van der Waals surface area contributed by atoms with Gasteiger partial charge in [0.05, 0.1) is 5.52 Å². The molecule has 0 saturated carbocycles. The van der Waals surface area contributed by atoms with Gasteiger partial charge in [0.25, 0.3) is 10.1 Å². The molecule has 2 aromatic heterocycles. The quantitative estimate of drug-likeness (QED) is 0.266. The Kier molecular flexibility index (Phi) is 8.51. The van der Waals surface area contributed by atoms with E-state index in [0.29, 0.717) is 11.1 Å². The molecule has 32 heavy (non-hydrogen) atoms. The summed E-state index contributed by atoms with van der Waals surface area (Å²) in [5, 5.41) is 0.683. The van der Waals surface area contributed by atoms with Gasteiger partial charge in [0.1, 0.15) is 4.90 Å². The second-order valence-corrected chi connectivity index (χ2v) is 8.03. The standard InChI is InChI=1S/C13H11F2N2.C9H7NO3S.Ir/c1-17(2)10-5-6-16-13(8-10)11-4-3-9(14)7-12(11)15;11-14(12,13)8-5-1-3-7-4-2-6-10-9(7)8;/h3,5-8H,1-2H3;1-6H,(H,11,12,13);/q-1;;. The number of fused-ring (bicyclic) bond motifs is 1. The molecule has 4 rings (SSSR count). The fourth-order valence-electron chi connectivity index (χ4n) is 2.76. The Morgan fingerprint density at radius 3 is 2.38 bits per heavy atom. The van der Waals surface area contributed by atoms with Crippen molar-refractivity contribution in [3.8, 4) is 11.3 Å². The first kappa shape index (κ1) is 25.5. The molecule has 0 atom stereocenters. The van der Waals surface area contributed by atoms with E-state index in [-0.39, 0.29) is 36.1 Å². The van der Waals surface area contributed by atoms with E-state index in [0.717, 1.165) is 17.8 Å². The van der Waals surface area contributed by atoms with E-state index in [1.165, 1.54) is 12.3 Å². The molecule has 169 valence electrons. The third-order valence-electron chi connectivity index (χ3n) is 4.25. The maximum Gasteiger partial charge on any atom is 0.296 e. The van der Waals surface area contributed by atoms with E-state index in [2.05, 4.69) is 16.0 Å². The predicted octanol–water partition coefficient (Wildman–Crippen LogP) is 4.37. The molecule has 0 spiro atoms. The number of benzene rings is 2. The zero-order valence-corrected chi connectivity index (χ0v) is 20.2. The molecular formula is C22H18F2IrN3O3S-. The van der Waals surface area contributed by atoms with Crippen LogP contribution in [-0.2, 0) is 30.2 Å². The first-order valence-corrected chi connectivity index (χ1v) is 10.4. The number of aromatic nitrogens is 2. The Hall–Kier alpha value is -2.78. The van der Waals surface area contributed by atoms with Crippen molar-refractivity contribution in [2.24, 2.45) is 0 Å². The molecule has 0 amide bonds. The van der Waals surface area contributed by atoms with Crippen molar-refractivity contribution in [1.29, 1.82) is 0 Å². The smallest absolute Gasteiger partial charge is 0.296 e. The third kappa shape index (κ3) is 6.14. The van der Waals surface area contributed by atoms with Gasteiger partial charge in [-0.2, -0.15) is 8.42 Å². The first-order valence-electron chi connectivity index (χ1n) is 8.98. The van der Waals surface area contributed by atoms with Crippen LogP contribution < -0.4 is 4.90 Å². The van der Waals surface area contributed by atoms with Crippen molar-refractivity contribution in [3.05, 3.63) is 84.7 Å². The van der Waals surface area contributed by atoms with Crippen LogP contribution in [0.4, 0.5) is 14.5 Å². The number of hydrogen-bond donors (Lipinski definition) is 1. The van der Waals surface area contributed by atoms with Crippen molar-refractivity contribution in [1.82, 2.24) is 9.97 Å². The van der Waals surface area contributed by atoms with E-state index in [1.807, 2.05) is 25.1 Å². The van der Waals surface area contributed by atoms with Gasteiger partial charge in [-0.3, -0.25) is 18.3 Å². The van der Waals surface area contributed by atoms with Crippen LogP contribution in [0.2, 0.25) is 0 Å². The summed E-state index contributed by atoms with van der Waals surface area (Å²) in [6.07, 6.45) is 3.07. The molecule has 2 heterocycles. The maximum absolute atomic E-state index is 13.5. The number of anilines is 1. The van der Waals surface area contributed by atoms with Gasteiger partial charge in [-0.15, -0.1) is 12.1 Å². The molecule has 0 unspecified atom stereocenters. The molecule has 10 heteroatoms. The van der Waals surface area contributed by atoms with Crippen LogP contribution >= 0.6 is 0 Å². The van der Waals surface area contributed by atoms with Gasteiger partial charge in [-0.05, 0) is 23.9 Å². The Morgan fingerprint density at radius 1 is 1.00 bits per heavy atom. The van der Waals surface area contributed by atoms with E-state index in [1.54, 1.807) is 36.5 Å². The maximum atomic E-state index is 13.5. The largest absolute Gasteiger partial charge is 0.378 e.